The first kappa shape index (κ1) is 10.4. The van der Waals surface area contributed by atoms with Crippen molar-refractivity contribution in [2.75, 3.05) is 13.2 Å². The summed E-state index contributed by atoms with van der Waals surface area (Å²) in [5.41, 5.74) is 4.58. The standard InChI is InChI=1S/C7H16N2O2/c1-3-7(2,5-10)9-6(11)4-8/h10H,3-5,8H2,1-2H3,(H,9,11). The number of amides is 1. The van der Waals surface area contributed by atoms with Crippen LogP contribution in [0.25, 0.3) is 0 Å². The van der Waals surface area contributed by atoms with Crippen LogP contribution in [0.15, 0.2) is 0 Å². The summed E-state index contributed by atoms with van der Waals surface area (Å²) in [5, 5.41) is 11.5. The Morgan fingerprint density at radius 3 is 2.55 bits per heavy atom. The van der Waals surface area contributed by atoms with Gasteiger partial charge in [-0.25, -0.2) is 0 Å². The van der Waals surface area contributed by atoms with Gasteiger partial charge in [0, 0.05) is 0 Å². The van der Waals surface area contributed by atoms with Crippen molar-refractivity contribution in [1.29, 1.82) is 0 Å². The SMILES string of the molecule is CCC(C)(CO)NC(=O)CN. The fourth-order valence-electron chi connectivity index (χ4n) is 0.627. The lowest BCUT2D eigenvalue weighted by atomic mass is 10.0. The van der Waals surface area contributed by atoms with E-state index < -0.39 is 5.54 Å². The Bertz CT molecular complexity index is 132. The van der Waals surface area contributed by atoms with Crippen LogP contribution in [0.1, 0.15) is 20.3 Å². The van der Waals surface area contributed by atoms with Gasteiger partial charge in [0.1, 0.15) is 0 Å². The highest BCUT2D eigenvalue weighted by Crippen LogP contribution is 2.06. The minimum Gasteiger partial charge on any atom is -0.394 e. The van der Waals surface area contributed by atoms with Gasteiger partial charge in [0.25, 0.3) is 0 Å². The molecule has 0 heterocycles. The highest BCUT2D eigenvalue weighted by molar-refractivity contribution is 5.78. The van der Waals surface area contributed by atoms with Crippen molar-refractivity contribution in [3.8, 4) is 0 Å². The van der Waals surface area contributed by atoms with E-state index in [1.165, 1.54) is 0 Å². The van der Waals surface area contributed by atoms with E-state index in [4.69, 9.17) is 10.8 Å². The zero-order chi connectivity index (χ0) is 8.91. The van der Waals surface area contributed by atoms with E-state index in [0.717, 1.165) is 0 Å². The van der Waals surface area contributed by atoms with Crippen LogP contribution >= 0.6 is 0 Å². The number of carbonyl (C=O) groups is 1. The summed E-state index contributed by atoms with van der Waals surface area (Å²) in [6.07, 6.45) is 0.690. The second-order valence-corrected chi connectivity index (χ2v) is 2.82. The number of nitrogens with one attached hydrogen (secondary N) is 1. The Morgan fingerprint density at radius 2 is 2.27 bits per heavy atom. The van der Waals surface area contributed by atoms with Gasteiger partial charge in [0.15, 0.2) is 0 Å². The molecule has 0 radical (unpaired) electrons. The molecular weight excluding hydrogens is 144 g/mol. The Morgan fingerprint density at radius 1 is 1.73 bits per heavy atom. The van der Waals surface area contributed by atoms with Gasteiger partial charge in [-0.1, -0.05) is 6.92 Å². The van der Waals surface area contributed by atoms with Gasteiger partial charge in [-0.2, -0.15) is 0 Å². The van der Waals surface area contributed by atoms with Gasteiger partial charge in [0.2, 0.25) is 5.91 Å². The highest BCUT2D eigenvalue weighted by Gasteiger charge is 2.21. The van der Waals surface area contributed by atoms with Crippen molar-refractivity contribution in [1.82, 2.24) is 5.32 Å². The van der Waals surface area contributed by atoms with Crippen LogP contribution in [-0.2, 0) is 4.79 Å². The van der Waals surface area contributed by atoms with Gasteiger partial charge in [-0.3, -0.25) is 4.79 Å². The highest BCUT2D eigenvalue weighted by atomic mass is 16.3. The largest absolute Gasteiger partial charge is 0.394 e. The van der Waals surface area contributed by atoms with Crippen molar-refractivity contribution in [3.05, 3.63) is 0 Å². The van der Waals surface area contributed by atoms with Crippen LogP contribution in [0.4, 0.5) is 0 Å². The topological polar surface area (TPSA) is 75.3 Å². The summed E-state index contributed by atoms with van der Waals surface area (Å²) in [4.78, 5) is 10.8. The molecule has 0 aromatic heterocycles. The lowest BCUT2D eigenvalue weighted by molar-refractivity contribution is -0.122. The summed E-state index contributed by atoms with van der Waals surface area (Å²) in [7, 11) is 0. The van der Waals surface area contributed by atoms with E-state index in [1.54, 1.807) is 6.92 Å². The molecular formula is C7H16N2O2. The van der Waals surface area contributed by atoms with E-state index in [-0.39, 0.29) is 19.1 Å². The lowest BCUT2D eigenvalue weighted by Crippen LogP contribution is -2.50. The van der Waals surface area contributed by atoms with Crippen molar-refractivity contribution >= 4 is 5.91 Å². The number of aliphatic hydroxyl groups excluding tert-OH is 1. The van der Waals surface area contributed by atoms with Crippen LogP contribution in [0.5, 0.6) is 0 Å². The predicted molar refractivity (Wildman–Crippen MR) is 43.0 cm³/mol. The molecule has 1 amide bonds. The third-order valence-corrected chi connectivity index (χ3v) is 1.76. The van der Waals surface area contributed by atoms with Gasteiger partial charge in [-0.05, 0) is 13.3 Å². The van der Waals surface area contributed by atoms with Gasteiger partial charge >= 0.3 is 0 Å². The first-order chi connectivity index (χ1) is 5.08. The van der Waals surface area contributed by atoms with E-state index in [0.29, 0.717) is 6.42 Å². The zero-order valence-corrected chi connectivity index (χ0v) is 7.05. The zero-order valence-electron chi connectivity index (χ0n) is 7.05. The Labute approximate surface area is 66.8 Å². The van der Waals surface area contributed by atoms with Gasteiger partial charge in [-0.15, -0.1) is 0 Å². The summed E-state index contributed by atoms with van der Waals surface area (Å²) in [6.45, 7) is 3.58. The molecule has 1 atom stereocenters. The molecule has 0 saturated carbocycles. The fraction of sp³-hybridized carbons (Fsp3) is 0.857. The molecule has 0 aromatic carbocycles. The van der Waals surface area contributed by atoms with Crippen molar-refractivity contribution in [3.63, 3.8) is 0 Å². The summed E-state index contributed by atoms with van der Waals surface area (Å²) >= 11 is 0. The number of carbonyl (C=O) groups excluding carboxylic acids is 1. The maximum atomic E-state index is 10.8. The van der Waals surface area contributed by atoms with E-state index >= 15 is 0 Å². The summed E-state index contributed by atoms with van der Waals surface area (Å²) in [5.74, 6) is -0.233. The second kappa shape index (κ2) is 4.31. The number of hydrogen-bond donors (Lipinski definition) is 3. The third kappa shape index (κ3) is 3.34. The third-order valence-electron chi connectivity index (χ3n) is 1.76. The predicted octanol–water partition coefficient (Wildman–Crippen LogP) is -0.778. The van der Waals surface area contributed by atoms with Gasteiger partial charge in [0.05, 0.1) is 18.7 Å². The normalized spacial score (nSPS) is 15.6. The maximum Gasteiger partial charge on any atom is 0.234 e. The molecule has 0 aromatic rings. The molecule has 4 N–H and O–H groups in total. The smallest absolute Gasteiger partial charge is 0.234 e. The van der Waals surface area contributed by atoms with Crippen LogP contribution in [0.2, 0.25) is 0 Å². The Balaban J connectivity index is 3.96. The molecule has 0 aliphatic heterocycles. The van der Waals surface area contributed by atoms with Crippen LogP contribution < -0.4 is 11.1 Å². The molecule has 4 nitrogen and oxygen atoms in total. The number of nitrogens with two attached hydrogens (primary N) is 1. The number of aliphatic hydroxyl groups is 1. The molecule has 0 rings (SSSR count). The molecule has 0 aliphatic rings. The fourth-order valence-corrected chi connectivity index (χ4v) is 0.627. The average molecular weight is 160 g/mol. The van der Waals surface area contributed by atoms with Crippen LogP contribution in [0, 0.1) is 0 Å². The molecule has 0 fully saturated rings. The molecule has 66 valence electrons. The molecule has 4 heteroatoms. The van der Waals surface area contributed by atoms with Crippen LogP contribution in [-0.4, -0.2) is 29.7 Å². The van der Waals surface area contributed by atoms with E-state index in [9.17, 15) is 4.79 Å². The maximum absolute atomic E-state index is 10.8. The van der Waals surface area contributed by atoms with Crippen LogP contribution in [0.3, 0.4) is 0 Å². The molecule has 0 aliphatic carbocycles. The molecule has 11 heavy (non-hydrogen) atoms. The minimum atomic E-state index is -0.517. The summed E-state index contributed by atoms with van der Waals surface area (Å²) in [6, 6.07) is 0. The molecule has 1 unspecified atom stereocenters. The van der Waals surface area contributed by atoms with Crippen molar-refractivity contribution in [2.24, 2.45) is 5.73 Å². The van der Waals surface area contributed by atoms with Crippen molar-refractivity contribution in [2.45, 2.75) is 25.8 Å². The Hall–Kier alpha value is -0.610. The second-order valence-electron chi connectivity index (χ2n) is 2.82. The number of rotatable bonds is 4. The monoisotopic (exact) mass is 160 g/mol. The lowest BCUT2D eigenvalue weighted by Gasteiger charge is -2.26. The Kier molecular flexibility index (Phi) is 4.07. The van der Waals surface area contributed by atoms with Crippen molar-refractivity contribution < 1.29 is 9.90 Å². The van der Waals surface area contributed by atoms with E-state index in [2.05, 4.69) is 5.32 Å². The quantitative estimate of drug-likeness (QED) is 0.505. The number of hydrogen-bond acceptors (Lipinski definition) is 3. The molecule has 0 spiro atoms. The minimum absolute atomic E-state index is 0.0322. The van der Waals surface area contributed by atoms with E-state index in [1.807, 2.05) is 6.92 Å². The first-order valence-corrected chi connectivity index (χ1v) is 3.70. The summed E-state index contributed by atoms with van der Waals surface area (Å²) < 4.78 is 0. The van der Waals surface area contributed by atoms with Gasteiger partial charge < -0.3 is 16.2 Å². The molecule has 0 bridgehead atoms. The average Bonchev–Trinajstić information content (AvgIpc) is 2.04. The first-order valence-electron chi connectivity index (χ1n) is 3.70. The molecule has 0 saturated heterocycles.